The SMILES string of the molecule is C=C(C)CCNCC(O)c1ccccc1. The summed E-state index contributed by atoms with van der Waals surface area (Å²) in [4.78, 5) is 0. The van der Waals surface area contributed by atoms with Gasteiger partial charge in [0.05, 0.1) is 6.10 Å². The molecule has 0 aliphatic carbocycles. The fourth-order valence-corrected chi connectivity index (χ4v) is 1.33. The Bertz CT molecular complexity index is 295. The molecular weight excluding hydrogens is 186 g/mol. The summed E-state index contributed by atoms with van der Waals surface area (Å²) in [6, 6.07) is 9.69. The lowest BCUT2D eigenvalue weighted by atomic mass is 10.1. The molecule has 0 aliphatic rings. The second-order valence-electron chi connectivity index (χ2n) is 3.84. The van der Waals surface area contributed by atoms with Crippen LogP contribution in [0.25, 0.3) is 0 Å². The standard InChI is InChI=1S/C13H19NO/c1-11(2)8-9-14-10-13(15)12-6-4-3-5-7-12/h3-7,13-15H,1,8-10H2,2H3. The van der Waals surface area contributed by atoms with Crippen LogP contribution >= 0.6 is 0 Å². The molecule has 2 heteroatoms. The number of hydrogen-bond acceptors (Lipinski definition) is 2. The van der Waals surface area contributed by atoms with Gasteiger partial charge in [-0.25, -0.2) is 0 Å². The highest BCUT2D eigenvalue weighted by Crippen LogP contribution is 2.10. The van der Waals surface area contributed by atoms with Gasteiger partial charge in [-0.2, -0.15) is 0 Å². The van der Waals surface area contributed by atoms with E-state index in [1.807, 2.05) is 37.3 Å². The smallest absolute Gasteiger partial charge is 0.0914 e. The van der Waals surface area contributed by atoms with Gasteiger partial charge in [-0.3, -0.25) is 0 Å². The minimum atomic E-state index is -0.420. The van der Waals surface area contributed by atoms with Gasteiger partial charge in [0.15, 0.2) is 0 Å². The topological polar surface area (TPSA) is 32.3 Å². The average Bonchev–Trinajstić information content (AvgIpc) is 2.25. The van der Waals surface area contributed by atoms with Crippen LogP contribution in [0, 0.1) is 0 Å². The summed E-state index contributed by atoms with van der Waals surface area (Å²) in [6.45, 7) is 7.31. The van der Waals surface area contributed by atoms with Crippen molar-refractivity contribution in [2.24, 2.45) is 0 Å². The van der Waals surface area contributed by atoms with E-state index in [0.717, 1.165) is 24.1 Å². The van der Waals surface area contributed by atoms with Crippen LogP contribution < -0.4 is 5.32 Å². The fraction of sp³-hybridized carbons (Fsp3) is 0.385. The van der Waals surface area contributed by atoms with Gasteiger partial charge in [0.25, 0.3) is 0 Å². The maximum Gasteiger partial charge on any atom is 0.0914 e. The first-order valence-corrected chi connectivity index (χ1v) is 5.28. The third-order valence-corrected chi connectivity index (χ3v) is 2.25. The number of nitrogens with one attached hydrogen (secondary N) is 1. The molecule has 0 saturated heterocycles. The van der Waals surface area contributed by atoms with Gasteiger partial charge in [-0.15, -0.1) is 6.58 Å². The van der Waals surface area contributed by atoms with E-state index in [9.17, 15) is 5.11 Å². The third-order valence-electron chi connectivity index (χ3n) is 2.25. The molecule has 0 aromatic heterocycles. The van der Waals surface area contributed by atoms with Gasteiger partial charge in [0.2, 0.25) is 0 Å². The van der Waals surface area contributed by atoms with Gasteiger partial charge in [0, 0.05) is 6.54 Å². The Morgan fingerprint density at radius 2 is 2.07 bits per heavy atom. The largest absolute Gasteiger partial charge is 0.387 e. The molecule has 82 valence electrons. The van der Waals surface area contributed by atoms with Crippen LogP contribution in [0.4, 0.5) is 0 Å². The van der Waals surface area contributed by atoms with Crippen LogP contribution in [0.2, 0.25) is 0 Å². The van der Waals surface area contributed by atoms with Gasteiger partial charge in [-0.1, -0.05) is 35.9 Å². The Kier molecular flexibility index (Phi) is 5.08. The molecule has 1 aromatic rings. The summed E-state index contributed by atoms with van der Waals surface area (Å²) in [5, 5.41) is 13.0. The van der Waals surface area contributed by atoms with E-state index in [0.29, 0.717) is 6.54 Å². The Hall–Kier alpha value is -1.12. The van der Waals surface area contributed by atoms with Crippen molar-refractivity contribution in [3.05, 3.63) is 48.0 Å². The van der Waals surface area contributed by atoms with Gasteiger partial charge in [0.1, 0.15) is 0 Å². The predicted octanol–water partition coefficient (Wildman–Crippen LogP) is 2.28. The second kappa shape index (κ2) is 6.38. The van der Waals surface area contributed by atoms with Crippen molar-refractivity contribution in [3.8, 4) is 0 Å². The Morgan fingerprint density at radius 3 is 2.67 bits per heavy atom. The maximum absolute atomic E-state index is 9.80. The fourth-order valence-electron chi connectivity index (χ4n) is 1.33. The quantitative estimate of drug-likeness (QED) is 0.551. The maximum atomic E-state index is 9.80. The first-order valence-electron chi connectivity index (χ1n) is 5.28. The van der Waals surface area contributed by atoms with Crippen molar-refractivity contribution in [2.75, 3.05) is 13.1 Å². The van der Waals surface area contributed by atoms with Crippen LogP contribution in [0.5, 0.6) is 0 Å². The summed E-state index contributed by atoms with van der Waals surface area (Å²) >= 11 is 0. The number of aliphatic hydroxyl groups excluding tert-OH is 1. The van der Waals surface area contributed by atoms with E-state index >= 15 is 0 Å². The molecule has 0 aliphatic heterocycles. The highest BCUT2D eigenvalue weighted by molar-refractivity contribution is 5.17. The number of aliphatic hydroxyl groups is 1. The lowest BCUT2D eigenvalue weighted by molar-refractivity contribution is 0.175. The van der Waals surface area contributed by atoms with Gasteiger partial charge < -0.3 is 10.4 Å². The highest BCUT2D eigenvalue weighted by atomic mass is 16.3. The zero-order chi connectivity index (χ0) is 11.1. The molecule has 0 bridgehead atoms. The molecule has 0 fully saturated rings. The van der Waals surface area contributed by atoms with Crippen molar-refractivity contribution in [1.29, 1.82) is 0 Å². The second-order valence-corrected chi connectivity index (χ2v) is 3.84. The molecule has 0 spiro atoms. The van der Waals surface area contributed by atoms with Crippen LogP contribution in [-0.2, 0) is 0 Å². The molecule has 0 saturated carbocycles. The first-order chi connectivity index (χ1) is 7.20. The van der Waals surface area contributed by atoms with Crippen LogP contribution in [-0.4, -0.2) is 18.2 Å². The molecule has 2 N–H and O–H groups in total. The van der Waals surface area contributed by atoms with E-state index < -0.39 is 6.10 Å². The minimum absolute atomic E-state index is 0.420. The normalized spacial score (nSPS) is 12.4. The van der Waals surface area contributed by atoms with Crippen molar-refractivity contribution in [3.63, 3.8) is 0 Å². The Labute approximate surface area is 91.6 Å². The zero-order valence-electron chi connectivity index (χ0n) is 9.24. The van der Waals surface area contributed by atoms with E-state index in [4.69, 9.17) is 0 Å². The molecule has 15 heavy (non-hydrogen) atoms. The molecular formula is C13H19NO. The zero-order valence-corrected chi connectivity index (χ0v) is 9.24. The molecule has 0 amide bonds. The van der Waals surface area contributed by atoms with Crippen molar-refractivity contribution in [2.45, 2.75) is 19.4 Å². The molecule has 1 aromatic carbocycles. The highest BCUT2D eigenvalue weighted by Gasteiger charge is 2.04. The van der Waals surface area contributed by atoms with Crippen molar-refractivity contribution < 1.29 is 5.11 Å². The summed E-state index contributed by atoms with van der Waals surface area (Å²) < 4.78 is 0. The number of benzene rings is 1. The number of hydrogen-bond donors (Lipinski definition) is 2. The molecule has 1 rings (SSSR count). The molecule has 0 radical (unpaired) electrons. The van der Waals surface area contributed by atoms with E-state index in [-0.39, 0.29) is 0 Å². The summed E-state index contributed by atoms with van der Waals surface area (Å²) in [6.07, 6.45) is 0.540. The lowest BCUT2D eigenvalue weighted by Gasteiger charge is -2.11. The monoisotopic (exact) mass is 205 g/mol. The minimum Gasteiger partial charge on any atom is -0.387 e. The number of rotatable bonds is 6. The summed E-state index contributed by atoms with van der Waals surface area (Å²) in [7, 11) is 0. The molecule has 1 unspecified atom stereocenters. The molecule has 2 nitrogen and oxygen atoms in total. The van der Waals surface area contributed by atoms with Crippen LogP contribution in [0.1, 0.15) is 25.0 Å². The van der Waals surface area contributed by atoms with E-state index in [1.54, 1.807) is 0 Å². The van der Waals surface area contributed by atoms with Crippen molar-refractivity contribution in [1.82, 2.24) is 5.32 Å². The summed E-state index contributed by atoms with van der Waals surface area (Å²) in [5.41, 5.74) is 2.12. The van der Waals surface area contributed by atoms with Gasteiger partial charge >= 0.3 is 0 Å². The van der Waals surface area contributed by atoms with E-state index in [2.05, 4.69) is 11.9 Å². The van der Waals surface area contributed by atoms with Crippen LogP contribution in [0.15, 0.2) is 42.5 Å². The first kappa shape index (κ1) is 12.0. The third kappa shape index (κ3) is 4.77. The molecule has 0 heterocycles. The Balaban J connectivity index is 2.25. The van der Waals surface area contributed by atoms with Crippen LogP contribution in [0.3, 0.4) is 0 Å². The molecule has 1 atom stereocenters. The predicted molar refractivity (Wildman–Crippen MR) is 63.7 cm³/mol. The van der Waals surface area contributed by atoms with Gasteiger partial charge in [-0.05, 0) is 25.5 Å². The lowest BCUT2D eigenvalue weighted by Crippen LogP contribution is -2.22. The summed E-state index contributed by atoms with van der Waals surface area (Å²) in [5.74, 6) is 0. The van der Waals surface area contributed by atoms with E-state index in [1.165, 1.54) is 0 Å². The Morgan fingerprint density at radius 1 is 1.40 bits per heavy atom. The van der Waals surface area contributed by atoms with Crippen molar-refractivity contribution >= 4 is 0 Å². The average molecular weight is 205 g/mol.